The number of phenols is 1. The maximum Gasteiger partial charge on any atom is 0.335 e. The SMILES string of the molecule is C=CC(=O)Oc1ccccc1Cc1ccccc1.Oc1ccccc1Cc1ccccc1. The van der Waals surface area contributed by atoms with Gasteiger partial charge >= 0.3 is 5.97 Å². The quantitative estimate of drug-likeness (QED) is 0.224. The summed E-state index contributed by atoms with van der Waals surface area (Å²) in [7, 11) is 0. The predicted octanol–water partition coefficient (Wildman–Crippen LogP) is 6.35. The molecule has 3 heteroatoms. The molecule has 0 heterocycles. The van der Waals surface area contributed by atoms with Crippen LogP contribution in [0.1, 0.15) is 22.3 Å². The van der Waals surface area contributed by atoms with Crippen molar-refractivity contribution in [1.82, 2.24) is 0 Å². The molecule has 0 fully saturated rings. The van der Waals surface area contributed by atoms with Gasteiger partial charge in [0.15, 0.2) is 0 Å². The van der Waals surface area contributed by atoms with Crippen LogP contribution in [-0.4, -0.2) is 11.1 Å². The molecule has 0 radical (unpaired) electrons. The molecule has 0 spiro atoms. The van der Waals surface area contributed by atoms with Crippen LogP contribution < -0.4 is 4.74 Å². The number of rotatable bonds is 6. The van der Waals surface area contributed by atoms with Crippen molar-refractivity contribution in [3.05, 3.63) is 144 Å². The van der Waals surface area contributed by atoms with Crippen molar-refractivity contribution in [2.75, 3.05) is 0 Å². The van der Waals surface area contributed by atoms with E-state index >= 15 is 0 Å². The Morgan fingerprint density at radius 3 is 1.72 bits per heavy atom. The van der Waals surface area contributed by atoms with Gasteiger partial charge in [-0.2, -0.15) is 0 Å². The minimum Gasteiger partial charge on any atom is -0.508 e. The first-order valence-electron chi connectivity index (χ1n) is 10.4. The first-order chi connectivity index (χ1) is 15.7. The maximum atomic E-state index is 11.2. The Labute approximate surface area is 189 Å². The highest BCUT2D eigenvalue weighted by molar-refractivity contribution is 5.83. The Bertz CT molecular complexity index is 1140. The van der Waals surface area contributed by atoms with Crippen LogP contribution in [0.3, 0.4) is 0 Å². The lowest BCUT2D eigenvalue weighted by molar-refractivity contribution is -0.129. The van der Waals surface area contributed by atoms with Crippen molar-refractivity contribution in [3.8, 4) is 11.5 Å². The van der Waals surface area contributed by atoms with E-state index in [0.29, 0.717) is 11.5 Å². The van der Waals surface area contributed by atoms with E-state index in [4.69, 9.17) is 4.74 Å². The zero-order valence-electron chi connectivity index (χ0n) is 17.9. The third-order valence-corrected chi connectivity index (χ3v) is 4.82. The van der Waals surface area contributed by atoms with Crippen molar-refractivity contribution in [2.45, 2.75) is 12.8 Å². The molecule has 4 aromatic rings. The third-order valence-electron chi connectivity index (χ3n) is 4.82. The van der Waals surface area contributed by atoms with Gasteiger partial charge in [0.2, 0.25) is 0 Å². The van der Waals surface area contributed by atoms with Gasteiger partial charge in [0.05, 0.1) is 0 Å². The number of ether oxygens (including phenoxy) is 1. The molecule has 0 aromatic heterocycles. The number of aromatic hydroxyl groups is 1. The van der Waals surface area contributed by atoms with Crippen LogP contribution in [0.5, 0.6) is 11.5 Å². The fourth-order valence-electron chi connectivity index (χ4n) is 3.19. The van der Waals surface area contributed by atoms with Gasteiger partial charge in [-0.25, -0.2) is 4.79 Å². The summed E-state index contributed by atoms with van der Waals surface area (Å²) in [4.78, 5) is 11.2. The highest BCUT2D eigenvalue weighted by atomic mass is 16.5. The number of hydrogen-bond donors (Lipinski definition) is 1. The van der Waals surface area contributed by atoms with E-state index in [0.717, 1.165) is 24.0 Å². The monoisotopic (exact) mass is 422 g/mol. The van der Waals surface area contributed by atoms with E-state index in [-0.39, 0.29) is 0 Å². The minimum atomic E-state index is -0.435. The second-order valence-electron chi connectivity index (χ2n) is 7.19. The first kappa shape index (κ1) is 22.6. The Balaban J connectivity index is 0.000000186. The number of carbonyl (C=O) groups excluding carboxylic acids is 1. The lowest BCUT2D eigenvalue weighted by Gasteiger charge is -2.08. The highest BCUT2D eigenvalue weighted by Crippen LogP contribution is 2.22. The average molecular weight is 423 g/mol. The molecule has 160 valence electrons. The molecule has 0 aliphatic heterocycles. The van der Waals surface area contributed by atoms with E-state index in [9.17, 15) is 9.90 Å². The van der Waals surface area contributed by atoms with Gasteiger partial charge in [-0.15, -0.1) is 0 Å². The number of para-hydroxylation sites is 2. The van der Waals surface area contributed by atoms with Crippen molar-refractivity contribution >= 4 is 5.97 Å². The summed E-state index contributed by atoms with van der Waals surface area (Å²) in [5.41, 5.74) is 4.35. The maximum absolute atomic E-state index is 11.2. The molecule has 0 atom stereocenters. The minimum absolute atomic E-state index is 0.372. The Hall–Kier alpha value is -4.11. The summed E-state index contributed by atoms with van der Waals surface area (Å²) in [6.07, 6.45) is 2.69. The van der Waals surface area contributed by atoms with Gasteiger partial charge in [0.1, 0.15) is 11.5 Å². The van der Waals surface area contributed by atoms with Crippen molar-refractivity contribution in [1.29, 1.82) is 0 Å². The number of esters is 1. The Morgan fingerprint density at radius 2 is 1.16 bits per heavy atom. The topological polar surface area (TPSA) is 46.5 Å². The fraction of sp³-hybridized carbons (Fsp3) is 0.0690. The molecule has 0 saturated carbocycles. The predicted molar refractivity (Wildman–Crippen MR) is 129 cm³/mol. The number of carbonyl (C=O) groups is 1. The zero-order valence-corrected chi connectivity index (χ0v) is 17.9. The molecule has 32 heavy (non-hydrogen) atoms. The van der Waals surface area contributed by atoms with Crippen LogP contribution in [0.4, 0.5) is 0 Å². The largest absolute Gasteiger partial charge is 0.508 e. The van der Waals surface area contributed by atoms with Gasteiger partial charge < -0.3 is 9.84 Å². The lowest BCUT2D eigenvalue weighted by atomic mass is 10.0. The van der Waals surface area contributed by atoms with E-state index in [1.54, 1.807) is 12.1 Å². The standard InChI is InChI=1S/C16H14O2.C13H12O/c1-2-16(17)18-15-11-7-6-10-14(15)12-13-8-4-3-5-9-13;14-13-9-5-4-8-12(13)10-11-6-2-1-3-7-11/h2-11H,1,12H2;1-9,14H,10H2. The Morgan fingerprint density at radius 1 is 0.688 bits per heavy atom. The van der Waals surface area contributed by atoms with E-state index in [1.165, 1.54) is 17.2 Å². The summed E-state index contributed by atoms with van der Waals surface area (Å²) < 4.78 is 5.21. The van der Waals surface area contributed by atoms with Gasteiger partial charge in [-0.1, -0.05) is 104 Å². The van der Waals surface area contributed by atoms with E-state index < -0.39 is 5.97 Å². The molecular formula is C29H26O3. The van der Waals surface area contributed by atoms with E-state index in [2.05, 4.69) is 18.7 Å². The molecule has 0 bridgehead atoms. The van der Waals surface area contributed by atoms with Crippen LogP contribution in [0.15, 0.2) is 122 Å². The second-order valence-corrected chi connectivity index (χ2v) is 7.19. The van der Waals surface area contributed by atoms with Crippen LogP contribution in [0.2, 0.25) is 0 Å². The number of hydrogen-bond acceptors (Lipinski definition) is 3. The summed E-state index contributed by atoms with van der Waals surface area (Å²) >= 11 is 0. The van der Waals surface area contributed by atoms with Crippen LogP contribution in [0, 0.1) is 0 Å². The van der Waals surface area contributed by atoms with Crippen molar-refractivity contribution in [3.63, 3.8) is 0 Å². The molecule has 0 saturated heterocycles. The van der Waals surface area contributed by atoms with Gasteiger partial charge in [-0.3, -0.25) is 0 Å². The number of benzene rings is 4. The van der Waals surface area contributed by atoms with Crippen molar-refractivity contribution < 1.29 is 14.6 Å². The summed E-state index contributed by atoms with van der Waals surface area (Å²) in [5, 5.41) is 9.57. The Kier molecular flexibility index (Phi) is 8.41. The van der Waals surface area contributed by atoms with Crippen molar-refractivity contribution in [2.24, 2.45) is 0 Å². The summed E-state index contributed by atoms with van der Waals surface area (Å²) in [6.45, 7) is 3.40. The zero-order chi connectivity index (χ0) is 22.6. The lowest BCUT2D eigenvalue weighted by Crippen LogP contribution is -2.05. The van der Waals surface area contributed by atoms with Crippen LogP contribution in [-0.2, 0) is 17.6 Å². The molecule has 0 aliphatic rings. The normalized spacial score (nSPS) is 9.88. The van der Waals surface area contributed by atoms with Crippen LogP contribution >= 0.6 is 0 Å². The molecular weight excluding hydrogens is 396 g/mol. The number of phenolic OH excluding ortho intramolecular Hbond substituents is 1. The van der Waals surface area contributed by atoms with Gasteiger partial charge in [0, 0.05) is 18.9 Å². The van der Waals surface area contributed by atoms with E-state index in [1.807, 2.05) is 84.9 Å². The van der Waals surface area contributed by atoms with Gasteiger partial charge in [-0.05, 0) is 34.4 Å². The fourth-order valence-corrected chi connectivity index (χ4v) is 3.19. The smallest absolute Gasteiger partial charge is 0.335 e. The van der Waals surface area contributed by atoms with Crippen LogP contribution in [0.25, 0.3) is 0 Å². The molecule has 1 N–H and O–H groups in total. The second kappa shape index (κ2) is 11.9. The molecule has 0 amide bonds. The molecule has 4 aromatic carbocycles. The first-order valence-corrected chi connectivity index (χ1v) is 10.4. The average Bonchev–Trinajstić information content (AvgIpc) is 2.83. The molecule has 0 unspecified atom stereocenters. The summed E-state index contributed by atoms with van der Waals surface area (Å²) in [5.74, 6) is 0.526. The summed E-state index contributed by atoms with van der Waals surface area (Å²) in [6, 6.07) is 35.2. The van der Waals surface area contributed by atoms with Gasteiger partial charge in [0.25, 0.3) is 0 Å². The highest BCUT2D eigenvalue weighted by Gasteiger charge is 2.06. The molecule has 4 rings (SSSR count). The molecule has 3 nitrogen and oxygen atoms in total. The third kappa shape index (κ3) is 6.99. The molecule has 0 aliphatic carbocycles.